The summed E-state index contributed by atoms with van der Waals surface area (Å²) in [6, 6.07) is 0. The molecule has 0 amide bonds. The predicted octanol–water partition coefficient (Wildman–Crippen LogP) is 1.66. The molecule has 1 aromatic rings. The monoisotopic (exact) mass is 281 g/mol. The average molecular weight is 281 g/mol. The molecule has 0 radical (unpaired) electrons. The number of nitrogens with zero attached hydrogens (tertiary/aromatic N) is 1. The van der Waals surface area contributed by atoms with Crippen LogP contribution in [0.1, 0.15) is 22.1 Å². The molecule has 0 aliphatic rings. The van der Waals surface area contributed by atoms with E-state index >= 15 is 0 Å². The topological polar surface area (TPSA) is 63.3 Å². The number of carbonyl (C=O) groups is 1. The summed E-state index contributed by atoms with van der Waals surface area (Å²) in [6.07, 6.45) is 0.675. The van der Waals surface area contributed by atoms with Crippen LogP contribution in [0.25, 0.3) is 0 Å². The molecule has 1 rings (SSSR count). The number of hydrogen-bond donors (Lipinski definition) is 1. The van der Waals surface area contributed by atoms with Gasteiger partial charge in [-0.25, -0.2) is 9.78 Å². The van der Waals surface area contributed by atoms with Gasteiger partial charge in [0.1, 0.15) is 5.76 Å². The van der Waals surface area contributed by atoms with Crippen molar-refractivity contribution in [1.29, 1.82) is 0 Å². The zero-order valence-electron chi connectivity index (χ0n) is 6.50. The van der Waals surface area contributed by atoms with Crippen molar-refractivity contribution < 1.29 is 14.3 Å². The largest absolute Gasteiger partial charge is 0.476 e. The Morgan fingerprint density at radius 2 is 2.42 bits per heavy atom. The average Bonchev–Trinajstić information content (AvgIpc) is 2.32. The van der Waals surface area contributed by atoms with E-state index in [-0.39, 0.29) is 5.69 Å². The van der Waals surface area contributed by atoms with Crippen molar-refractivity contribution in [3.8, 4) is 0 Å². The summed E-state index contributed by atoms with van der Waals surface area (Å²) >= 11 is 2.18. The fourth-order valence-corrected chi connectivity index (χ4v) is 1.30. The van der Waals surface area contributed by atoms with E-state index in [2.05, 4.69) is 27.6 Å². The molecule has 0 aromatic carbocycles. The highest BCUT2D eigenvalue weighted by Gasteiger charge is 2.14. The van der Waals surface area contributed by atoms with Crippen molar-refractivity contribution >= 4 is 28.6 Å². The second-order valence-corrected chi connectivity index (χ2v) is 3.34. The van der Waals surface area contributed by atoms with E-state index in [1.807, 2.05) is 0 Å². The van der Waals surface area contributed by atoms with Gasteiger partial charge in [-0.2, -0.15) is 0 Å². The molecule has 1 N–H and O–H groups in total. The number of aromatic carboxylic acids is 1. The summed E-state index contributed by atoms with van der Waals surface area (Å²) < 4.78 is 5.99. The summed E-state index contributed by atoms with van der Waals surface area (Å²) in [7, 11) is 0. The third-order valence-corrected chi connectivity index (χ3v) is 1.89. The minimum Gasteiger partial charge on any atom is -0.476 e. The standard InChI is InChI=1S/C7H8INO3/c1-4-6(7(10)11)9-5(12-4)2-3-8/h2-3H2,1H3,(H,10,11). The Kier molecular flexibility index (Phi) is 3.07. The predicted molar refractivity (Wildman–Crippen MR) is 50.8 cm³/mol. The zero-order valence-corrected chi connectivity index (χ0v) is 8.66. The van der Waals surface area contributed by atoms with E-state index in [0.717, 1.165) is 4.43 Å². The lowest BCUT2D eigenvalue weighted by molar-refractivity contribution is 0.0689. The lowest BCUT2D eigenvalue weighted by atomic mass is 10.4. The van der Waals surface area contributed by atoms with Crippen molar-refractivity contribution in [3.63, 3.8) is 0 Å². The summed E-state index contributed by atoms with van der Waals surface area (Å²) in [4.78, 5) is 14.3. The van der Waals surface area contributed by atoms with Crippen molar-refractivity contribution in [3.05, 3.63) is 17.3 Å². The second-order valence-electron chi connectivity index (χ2n) is 2.26. The molecular formula is C7H8INO3. The highest BCUT2D eigenvalue weighted by molar-refractivity contribution is 14.1. The van der Waals surface area contributed by atoms with E-state index in [1.54, 1.807) is 6.92 Å². The number of carboxylic acid groups (broad SMARTS) is 1. The van der Waals surface area contributed by atoms with Crippen molar-refractivity contribution in [1.82, 2.24) is 4.98 Å². The van der Waals surface area contributed by atoms with E-state index in [9.17, 15) is 4.79 Å². The molecule has 12 heavy (non-hydrogen) atoms. The summed E-state index contributed by atoms with van der Waals surface area (Å²) in [5.74, 6) is -0.155. The molecule has 0 bridgehead atoms. The first kappa shape index (κ1) is 9.50. The van der Waals surface area contributed by atoms with Gasteiger partial charge in [0.15, 0.2) is 11.6 Å². The molecule has 0 aliphatic carbocycles. The van der Waals surface area contributed by atoms with Crippen LogP contribution >= 0.6 is 22.6 Å². The smallest absolute Gasteiger partial charge is 0.358 e. The Balaban J connectivity index is 2.92. The fraction of sp³-hybridized carbons (Fsp3) is 0.429. The molecule has 4 nitrogen and oxygen atoms in total. The van der Waals surface area contributed by atoms with E-state index in [0.29, 0.717) is 18.1 Å². The number of rotatable bonds is 3. The zero-order chi connectivity index (χ0) is 9.14. The molecule has 1 heterocycles. The van der Waals surface area contributed by atoms with Crippen LogP contribution in [0.2, 0.25) is 0 Å². The van der Waals surface area contributed by atoms with E-state index < -0.39 is 5.97 Å². The molecule has 5 heteroatoms. The van der Waals surface area contributed by atoms with Gasteiger partial charge in [0.05, 0.1) is 0 Å². The van der Waals surface area contributed by atoms with E-state index in [4.69, 9.17) is 9.52 Å². The lowest BCUT2D eigenvalue weighted by Gasteiger charge is -1.84. The van der Waals surface area contributed by atoms with Gasteiger partial charge in [-0.05, 0) is 6.92 Å². The Labute approximate surface area is 83.1 Å². The third kappa shape index (κ3) is 1.96. The maximum atomic E-state index is 10.5. The minimum absolute atomic E-state index is 0.0230. The van der Waals surface area contributed by atoms with Crippen LogP contribution in [-0.2, 0) is 6.42 Å². The van der Waals surface area contributed by atoms with Crippen LogP contribution in [0.15, 0.2) is 4.42 Å². The molecule has 0 spiro atoms. The molecule has 0 saturated carbocycles. The number of halogens is 1. The highest BCUT2D eigenvalue weighted by atomic mass is 127. The first-order valence-electron chi connectivity index (χ1n) is 3.40. The van der Waals surface area contributed by atoms with Crippen molar-refractivity contribution in [2.45, 2.75) is 13.3 Å². The molecule has 0 atom stereocenters. The van der Waals surface area contributed by atoms with Gasteiger partial charge < -0.3 is 9.52 Å². The van der Waals surface area contributed by atoms with Crippen LogP contribution in [0.3, 0.4) is 0 Å². The SMILES string of the molecule is Cc1oc(CCI)nc1C(=O)O. The summed E-state index contributed by atoms with van der Waals surface area (Å²) in [5, 5.41) is 8.62. The fourth-order valence-electron chi connectivity index (χ4n) is 0.837. The van der Waals surface area contributed by atoms with Gasteiger partial charge in [-0.3, -0.25) is 0 Å². The Hall–Kier alpha value is -0.590. The Morgan fingerprint density at radius 3 is 2.83 bits per heavy atom. The Morgan fingerprint density at radius 1 is 1.75 bits per heavy atom. The summed E-state index contributed by atoms with van der Waals surface area (Å²) in [5.41, 5.74) is 0.0230. The number of alkyl halides is 1. The lowest BCUT2D eigenvalue weighted by Crippen LogP contribution is -1.99. The van der Waals surface area contributed by atoms with Gasteiger partial charge in [-0.1, -0.05) is 22.6 Å². The molecular weight excluding hydrogens is 273 g/mol. The quantitative estimate of drug-likeness (QED) is 0.676. The van der Waals surface area contributed by atoms with Crippen LogP contribution in [0, 0.1) is 6.92 Å². The number of carboxylic acids is 1. The third-order valence-electron chi connectivity index (χ3n) is 1.35. The van der Waals surface area contributed by atoms with Crippen molar-refractivity contribution in [2.24, 2.45) is 0 Å². The molecule has 0 saturated heterocycles. The number of aryl methyl sites for hydroxylation is 2. The van der Waals surface area contributed by atoms with Crippen LogP contribution < -0.4 is 0 Å². The van der Waals surface area contributed by atoms with Gasteiger partial charge in [0.25, 0.3) is 0 Å². The number of aromatic nitrogens is 1. The number of oxazole rings is 1. The van der Waals surface area contributed by atoms with Gasteiger partial charge >= 0.3 is 5.97 Å². The molecule has 1 aromatic heterocycles. The van der Waals surface area contributed by atoms with Crippen LogP contribution in [0.5, 0.6) is 0 Å². The van der Waals surface area contributed by atoms with E-state index in [1.165, 1.54) is 0 Å². The normalized spacial score (nSPS) is 10.2. The second kappa shape index (κ2) is 3.88. The summed E-state index contributed by atoms with van der Waals surface area (Å²) in [6.45, 7) is 1.60. The number of hydrogen-bond acceptors (Lipinski definition) is 3. The van der Waals surface area contributed by atoms with Gasteiger partial charge in [0, 0.05) is 10.8 Å². The maximum absolute atomic E-state index is 10.5. The maximum Gasteiger partial charge on any atom is 0.358 e. The highest BCUT2D eigenvalue weighted by Crippen LogP contribution is 2.10. The van der Waals surface area contributed by atoms with Crippen LogP contribution in [0.4, 0.5) is 0 Å². The molecule has 66 valence electrons. The van der Waals surface area contributed by atoms with Gasteiger partial charge in [-0.15, -0.1) is 0 Å². The molecule has 0 fully saturated rings. The van der Waals surface area contributed by atoms with Crippen LogP contribution in [-0.4, -0.2) is 20.5 Å². The van der Waals surface area contributed by atoms with Gasteiger partial charge in [0.2, 0.25) is 0 Å². The first-order valence-corrected chi connectivity index (χ1v) is 4.93. The first-order chi connectivity index (χ1) is 5.65. The minimum atomic E-state index is -1.03. The molecule has 0 aliphatic heterocycles. The Bertz CT molecular complexity index is 295. The molecule has 0 unspecified atom stereocenters. The van der Waals surface area contributed by atoms with Crippen molar-refractivity contribution in [2.75, 3.05) is 4.43 Å².